The van der Waals surface area contributed by atoms with Crippen LogP contribution in [0.1, 0.15) is 22.0 Å². The van der Waals surface area contributed by atoms with E-state index in [0.29, 0.717) is 5.56 Å². The third-order valence-electron chi connectivity index (χ3n) is 1.98. The summed E-state index contributed by atoms with van der Waals surface area (Å²) in [5.41, 5.74) is 6.43. The highest BCUT2D eigenvalue weighted by Gasteiger charge is 2.17. The Bertz CT molecular complexity index is 413. The quantitative estimate of drug-likeness (QED) is 0.745. The molecule has 0 saturated carbocycles. The highest BCUT2D eigenvalue weighted by molar-refractivity contribution is 5.95. The topological polar surface area (TPSA) is 80.2 Å². The summed E-state index contributed by atoms with van der Waals surface area (Å²) in [7, 11) is 0. The summed E-state index contributed by atoms with van der Waals surface area (Å²) in [6.45, 7) is 0. The molecule has 70 valence electrons. The van der Waals surface area contributed by atoms with Gasteiger partial charge in [0.25, 0.3) is 0 Å². The third kappa shape index (κ3) is 1.39. The Labute approximate surface area is 80.3 Å². The molecule has 0 aromatic heterocycles. The molecule has 1 amide bonds. The Morgan fingerprint density at radius 1 is 1.36 bits per heavy atom. The van der Waals surface area contributed by atoms with Gasteiger partial charge in [-0.3, -0.25) is 4.79 Å². The van der Waals surface area contributed by atoms with Crippen molar-refractivity contribution in [1.82, 2.24) is 0 Å². The van der Waals surface area contributed by atoms with Crippen molar-refractivity contribution in [3.05, 3.63) is 35.4 Å². The van der Waals surface area contributed by atoms with Crippen molar-refractivity contribution in [3.63, 3.8) is 0 Å². The fourth-order valence-electron chi connectivity index (χ4n) is 1.33. The van der Waals surface area contributed by atoms with Crippen LogP contribution in [-0.4, -0.2) is 12.1 Å². The van der Waals surface area contributed by atoms with Crippen molar-refractivity contribution in [2.24, 2.45) is 21.2 Å². The summed E-state index contributed by atoms with van der Waals surface area (Å²) in [4.78, 5) is 11.1. The zero-order valence-corrected chi connectivity index (χ0v) is 7.29. The highest BCUT2D eigenvalue weighted by Crippen LogP contribution is 2.22. The van der Waals surface area contributed by atoms with Crippen LogP contribution >= 0.6 is 0 Å². The van der Waals surface area contributed by atoms with Gasteiger partial charge in [0, 0.05) is 5.56 Å². The summed E-state index contributed by atoms with van der Waals surface area (Å²) in [6.07, 6.45) is 1.57. The van der Waals surface area contributed by atoms with E-state index in [-0.39, 0.29) is 6.04 Å². The molecule has 14 heavy (non-hydrogen) atoms. The largest absolute Gasteiger partial charge is 0.366 e. The molecule has 1 aromatic rings. The first-order chi connectivity index (χ1) is 6.79. The predicted octanol–water partition coefficient (Wildman–Crippen LogP) is 1.28. The molecule has 1 heterocycles. The molecule has 1 aliphatic rings. The molecular weight excluding hydrogens is 180 g/mol. The Morgan fingerprint density at radius 3 is 2.79 bits per heavy atom. The molecule has 0 fully saturated rings. The van der Waals surface area contributed by atoms with E-state index in [0.717, 1.165) is 5.56 Å². The fraction of sp³-hybridized carbons (Fsp3) is 0.111. The molecule has 1 aromatic carbocycles. The average Bonchev–Trinajstić information content (AvgIpc) is 2.70. The minimum atomic E-state index is -0.462. The molecule has 0 bridgehead atoms. The number of carbonyl (C=O) groups excluding carboxylic acids is 1. The molecule has 2 N–H and O–H groups in total. The Balaban J connectivity index is 2.46. The molecule has 1 unspecified atom stereocenters. The normalized spacial score (nSPS) is 18.7. The number of rotatable bonds is 2. The van der Waals surface area contributed by atoms with Crippen LogP contribution in [-0.2, 0) is 0 Å². The van der Waals surface area contributed by atoms with Gasteiger partial charge < -0.3 is 5.73 Å². The maximum absolute atomic E-state index is 11.1. The second kappa shape index (κ2) is 3.37. The lowest BCUT2D eigenvalue weighted by atomic mass is 10.0. The van der Waals surface area contributed by atoms with Crippen molar-refractivity contribution in [3.8, 4) is 0 Å². The lowest BCUT2D eigenvalue weighted by Gasteiger charge is -2.06. The van der Waals surface area contributed by atoms with Crippen molar-refractivity contribution in [1.29, 1.82) is 0 Å². The second-order valence-corrected chi connectivity index (χ2v) is 2.87. The number of carbonyl (C=O) groups is 1. The first kappa shape index (κ1) is 8.55. The standard InChI is InChI=1S/C9H8N4O/c10-9(14)7-4-2-1-3-6(7)8-5-11-13-12-8/h1-5,8H,(H2,10,14). The minimum Gasteiger partial charge on any atom is -0.366 e. The fourth-order valence-corrected chi connectivity index (χ4v) is 1.33. The number of primary amides is 1. The van der Waals surface area contributed by atoms with E-state index in [1.807, 2.05) is 6.07 Å². The highest BCUT2D eigenvalue weighted by atomic mass is 16.1. The van der Waals surface area contributed by atoms with Crippen LogP contribution in [0.4, 0.5) is 0 Å². The summed E-state index contributed by atoms with van der Waals surface area (Å²) in [6, 6.07) is 6.76. The van der Waals surface area contributed by atoms with Crippen LogP contribution in [0.25, 0.3) is 0 Å². The number of nitrogens with zero attached hydrogens (tertiary/aromatic N) is 3. The number of nitrogens with two attached hydrogens (primary N) is 1. The minimum absolute atomic E-state index is 0.279. The van der Waals surface area contributed by atoms with Gasteiger partial charge in [0.2, 0.25) is 5.91 Å². The molecule has 0 saturated heterocycles. The first-order valence-electron chi connectivity index (χ1n) is 4.11. The number of hydrogen-bond acceptors (Lipinski definition) is 4. The van der Waals surface area contributed by atoms with E-state index in [1.165, 1.54) is 0 Å². The lowest BCUT2D eigenvalue weighted by Crippen LogP contribution is -2.14. The van der Waals surface area contributed by atoms with E-state index < -0.39 is 5.91 Å². The summed E-state index contributed by atoms with van der Waals surface area (Å²) in [5, 5.41) is 11.0. The van der Waals surface area contributed by atoms with Gasteiger partial charge >= 0.3 is 0 Å². The molecule has 1 atom stereocenters. The first-order valence-corrected chi connectivity index (χ1v) is 4.11. The Morgan fingerprint density at radius 2 is 2.14 bits per heavy atom. The van der Waals surface area contributed by atoms with Crippen molar-refractivity contribution >= 4 is 12.1 Å². The predicted molar refractivity (Wildman–Crippen MR) is 51.0 cm³/mol. The zero-order chi connectivity index (χ0) is 9.97. The van der Waals surface area contributed by atoms with E-state index in [9.17, 15) is 4.79 Å². The smallest absolute Gasteiger partial charge is 0.249 e. The second-order valence-electron chi connectivity index (χ2n) is 2.87. The van der Waals surface area contributed by atoms with Gasteiger partial charge in [-0.1, -0.05) is 18.2 Å². The molecule has 2 rings (SSSR count). The van der Waals surface area contributed by atoms with E-state index in [4.69, 9.17) is 5.73 Å². The van der Waals surface area contributed by atoms with E-state index in [2.05, 4.69) is 15.4 Å². The van der Waals surface area contributed by atoms with Crippen LogP contribution in [0.2, 0.25) is 0 Å². The van der Waals surface area contributed by atoms with Gasteiger partial charge in [0.05, 0.1) is 6.21 Å². The Hall–Kier alpha value is -2.04. The van der Waals surface area contributed by atoms with Gasteiger partial charge in [0.15, 0.2) is 0 Å². The van der Waals surface area contributed by atoms with Crippen LogP contribution < -0.4 is 5.73 Å². The Kier molecular flexibility index (Phi) is 2.06. The SMILES string of the molecule is NC(=O)c1ccccc1C1C=NN=N1. The third-order valence-corrected chi connectivity index (χ3v) is 1.98. The molecular formula is C9H8N4O. The lowest BCUT2D eigenvalue weighted by molar-refractivity contribution is 0.0999. The van der Waals surface area contributed by atoms with Crippen LogP contribution in [0.3, 0.4) is 0 Å². The summed E-state index contributed by atoms with van der Waals surface area (Å²) in [5.74, 6) is -0.462. The van der Waals surface area contributed by atoms with E-state index >= 15 is 0 Å². The summed E-state index contributed by atoms with van der Waals surface area (Å²) < 4.78 is 0. The van der Waals surface area contributed by atoms with Crippen molar-refractivity contribution in [2.75, 3.05) is 0 Å². The van der Waals surface area contributed by atoms with Crippen LogP contribution in [0, 0.1) is 0 Å². The molecule has 0 radical (unpaired) electrons. The number of benzene rings is 1. The maximum Gasteiger partial charge on any atom is 0.249 e. The van der Waals surface area contributed by atoms with Crippen LogP contribution in [0.15, 0.2) is 39.7 Å². The number of hydrogen-bond donors (Lipinski definition) is 1. The molecule has 5 heteroatoms. The van der Waals surface area contributed by atoms with Crippen LogP contribution in [0.5, 0.6) is 0 Å². The molecule has 0 aliphatic carbocycles. The van der Waals surface area contributed by atoms with E-state index in [1.54, 1.807) is 24.4 Å². The average molecular weight is 188 g/mol. The molecule has 1 aliphatic heterocycles. The maximum atomic E-state index is 11.1. The van der Waals surface area contributed by atoms with Crippen molar-refractivity contribution in [2.45, 2.75) is 6.04 Å². The van der Waals surface area contributed by atoms with Gasteiger partial charge in [-0.15, -0.1) is 5.10 Å². The molecule has 0 spiro atoms. The summed E-state index contributed by atoms with van der Waals surface area (Å²) >= 11 is 0. The van der Waals surface area contributed by atoms with Gasteiger partial charge in [0.1, 0.15) is 6.04 Å². The number of amides is 1. The molecule has 5 nitrogen and oxygen atoms in total. The van der Waals surface area contributed by atoms with Gasteiger partial charge in [-0.25, -0.2) is 0 Å². The van der Waals surface area contributed by atoms with Gasteiger partial charge in [-0.2, -0.15) is 5.11 Å². The van der Waals surface area contributed by atoms with Gasteiger partial charge in [-0.05, 0) is 16.9 Å². The zero-order valence-electron chi connectivity index (χ0n) is 7.29. The van der Waals surface area contributed by atoms with Crippen molar-refractivity contribution < 1.29 is 4.79 Å². The monoisotopic (exact) mass is 188 g/mol.